The van der Waals surface area contributed by atoms with Gasteiger partial charge in [-0.1, -0.05) is 121 Å². The van der Waals surface area contributed by atoms with Crippen LogP contribution in [0.2, 0.25) is 0 Å². The van der Waals surface area contributed by atoms with Crippen molar-refractivity contribution in [3.05, 3.63) is 150 Å². The molecule has 0 aliphatic carbocycles. The summed E-state index contributed by atoms with van der Waals surface area (Å²) in [7, 11) is 0. The summed E-state index contributed by atoms with van der Waals surface area (Å²) in [5.41, 5.74) is 4.77. The lowest BCUT2D eigenvalue weighted by Crippen LogP contribution is -2.31. The Morgan fingerprint density at radius 3 is 1.28 bits per heavy atom. The maximum absolute atomic E-state index is 6.74. The third-order valence-corrected chi connectivity index (χ3v) is 5.18. The number of ether oxygens (including phenoxy) is 1. The summed E-state index contributed by atoms with van der Waals surface area (Å²) in [6, 6.07) is 41.6. The molecule has 1 heteroatoms. The molecule has 0 atom stereocenters. The molecule has 4 rings (SSSR count). The highest BCUT2D eigenvalue weighted by molar-refractivity contribution is 5.62. The quantitative estimate of drug-likeness (QED) is 0.259. The molecule has 0 saturated carbocycles. The van der Waals surface area contributed by atoms with Crippen LogP contribution >= 0.6 is 0 Å². The van der Waals surface area contributed by atoms with Crippen LogP contribution in [0.5, 0.6) is 0 Å². The highest BCUT2D eigenvalue weighted by Gasteiger charge is 2.37. The molecule has 4 aromatic rings. The molecule has 0 amide bonds. The second-order valence-corrected chi connectivity index (χ2v) is 7.06. The summed E-state index contributed by atoms with van der Waals surface area (Å²) in [6.07, 6.45) is 1.89. The van der Waals surface area contributed by atoms with Crippen LogP contribution in [0.3, 0.4) is 0 Å². The molecule has 0 saturated heterocycles. The molecule has 0 N–H and O–H groups in total. The van der Waals surface area contributed by atoms with Gasteiger partial charge in [-0.3, -0.25) is 0 Å². The Morgan fingerprint density at radius 1 is 0.552 bits per heavy atom. The van der Waals surface area contributed by atoms with Crippen molar-refractivity contribution in [1.82, 2.24) is 0 Å². The number of hydrogen-bond donors (Lipinski definition) is 0. The number of allylic oxidation sites excluding steroid dienone is 1. The second-order valence-electron chi connectivity index (χ2n) is 7.06. The van der Waals surface area contributed by atoms with E-state index in [0.29, 0.717) is 0 Å². The fourth-order valence-corrected chi connectivity index (χ4v) is 3.67. The number of benzene rings is 4. The van der Waals surface area contributed by atoms with Gasteiger partial charge in [0.25, 0.3) is 0 Å². The second kappa shape index (κ2) is 8.62. The molecule has 0 spiro atoms. The van der Waals surface area contributed by atoms with E-state index in [2.05, 4.69) is 91.9 Å². The first kappa shape index (κ1) is 18.8. The molecular weight excluding hydrogens is 352 g/mol. The Kier molecular flexibility index (Phi) is 5.58. The van der Waals surface area contributed by atoms with Crippen LogP contribution in [-0.4, -0.2) is 0 Å². The monoisotopic (exact) mass is 376 g/mol. The van der Waals surface area contributed by atoms with Gasteiger partial charge in [-0.05, 0) is 18.1 Å². The highest BCUT2D eigenvalue weighted by Crippen LogP contribution is 2.41. The topological polar surface area (TPSA) is 9.23 Å². The van der Waals surface area contributed by atoms with Crippen LogP contribution in [-0.2, 0) is 10.3 Å². The molecule has 4 aromatic carbocycles. The Hall–Kier alpha value is -3.58. The van der Waals surface area contributed by atoms with E-state index >= 15 is 0 Å². The molecule has 0 radical (unpaired) electrons. The molecule has 0 fully saturated rings. The summed E-state index contributed by atoms with van der Waals surface area (Å²) < 4.78 is 6.74. The normalized spacial score (nSPS) is 11.8. The first-order valence-corrected chi connectivity index (χ1v) is 9.87. The third kappa shape index (κ3) is 3.86. The Bertz CT molecular complexity index is 956. The van der Waals surface area contributed by atoms with Crippen LogP contribution in [0.25, 0.3) is 5.57 Å². The predicted molar refractivity (Wildman–Crippen MR) is 120 cm³/mol. The van der Waals surface area contributed by atoms with E-state index in [-0.39, 0.29) is 0 Å². The van der Waals surface area contributed by atoms with Crippen LogP contribution in [0.15, 0.2) is 128 Å². The zero-order valence-electron chi connectivity index (χ0n) is 16.5. The minimum atomic E-state index is -0.736. The van der Waals surface area contributed by atoms with E-state index in [9.17, 15) is 0 Å². The van der Waals surface area contributed by atoms with Gasteiger partial charge in [-0.25, -0.2) is 0 Å². The zero-order valence-corrected chi connectivity index (χ0v) is 16.5. The molecule has 0 heterocycles. The fraction of sp³-hybridized carbons (Fsp3) is 0.0714. The van der Waals surface area contributed by atoms with Gasteiger partial charge in [0, 0.05) is 16.7 Å². The lowest BCUT2D eigenvalue weighted by atomic mass is 9.80. The molecule has 0 aliphatic rings. The number of hydrogen-bond acceptors (Lipinski definition) is 1. The third-order valence-electron chi connectivity index (χ3n) is 5.18. The standard InChI is InChI=1S/C28H24O/c1-23(24-14-6-2-7-15-24)22-29-28(25-16-8-3-9-17-25,26-18-10-4-11-19-26)27-20-12-5-13-21-27/h2-22H,1H3. The van der Waals surface area contributed by atoms with E-state index in [1.165, 1.54) is 0 Å². The van der Waals surface area contributed by atoms with Crippen molar-refractivity contribution in [3.63, 3.8) is 0 Å². The van der Waals surface area contributed by atoms with Gasteiger partial charge >= 0.3 is 0 Å². The van der Waals surface area contributed by atoms with Crippen molar-refractivity contribution >= 4 is 5.57 Å². The number of rotatable bonds is 6. The average molecular weight is 376 g/mol. The van der Waals surface area contributed by atoms with E-state index in [1.807, 2.05) is 42.7 Å². The lowest BCUT2D eigenvalue weighted by Gasteiger charge is -2.35. The molecule has 142 valence electrons. The van der Waals surface area contributed by atoms with E-state index in [0.717, 1.165) is 27.8 Å². The highest BCUT2D eigenvalue weighted by atomic mass is 16.5. The fourth-order valence-electron chi connectivity index (χ4n) is 3.67. The van der Waals surface area contributed by atoms with Crippen molar-refractivity contribution in [2.75, 3.05) is 0 Å². The minimum Gasteiger partial charge on any atom is -0.480 e. The van der Waals surface area contributed by atoms with Gasteiger partial charge in [0.1, 0.15) is 0 Å². The van der Waals surface area contributed by atoms with E-state index < -0.39 is 5.60 Å². The molecule has 1 nitrogen and oxygen atoms in total. The van der Waals surface area contributed by atoms with Crippen molar-refractivity contribution in [1.29, 1.82) is 0 Å². The van der Waals surface area contributed by atoms with Gasteiger partial charge in [0.15, 0.2) is 5.60 Å². The zero-order chi connectivity index (χ0) is 19.9. The summed E-state index contributed by atoms with van der Waals surface area (Å²) in [5.74, 6) is 0. The minimum absolute atomic E-state index is 0.736. The molecule has 0 aromatic heterocycles. The van der Waals surface area contributed by atoms with Gasteiger partial charge in [0.05, 0.1) is 6.26 Å². The van der Waals surface area contributed by atoms with Crippen LogP contribution < -0.4 is 0 Å². The molecule has 29 heavy (non-hydrogen) atoms. The largest absolute Gasteiger partial charge is 0.480 e. The van der Waals surface area contributed by atoms with E-state index in [1.54, 1.807) is 0 Å². The first-order valence-electron chi connectivity index (χ1n) is 9.87. The van der Waals surface area contributed by atoms with Crippen LogP contribution in [0, 0.1) is 0 Å². The predicted octanol–water partition coefficient (Wildman–Crippen LogP) is 7.06. The summed E-state index contributed by atoms with van der Waals surface area (Å²) in [4.78, 5) is 0. The summed E-state index contributed by atoms with van der Waals surface area (Å²) >= 11 is 0. The van der Waals surface area contributed by atoms with Gasteiger partial charge in [0.2, 0.25) is 0 Å². The lowest BCUT2D eigenvalue weighted by molar-refractivity contribution is 0.0988. The smallest absolute Gasteiger partial charge is 0.183 e. The maximum Gasteiger partial charge on any atom is 0.183 e. The summed E-state index contributed by atoms with van der Waals surface area (Å²) in [6.45, 7) is 2.08. The van der Waals surface area contributed by atoms with Gasteiger partial charge in [-0.2, -0.15) is 0 Å². The SMILES string of the molecule is CC(=COC(c1ccccc1)(c1ccccc1)c1ccccc1)c1ccccc1. The Balaban J connectivity index is 1.91. The average Bonchev–Trinajstić information content (AvgIpc) is 2.82. The van der Waals surface area contributed by atoms with Crippen molar-refractivity contribution < 1.29 is 4.74 Å². The molecule has 0 aliphatic heterocycles. The van der Waals surface area contributed by atoms with E-state index in [4.69, 9.17) is 4.74 Å². The van der Waals surface area contributed by atoms with Gasteiger partial charge < -0.3 is 4.74 Å². The van der Waals surface area contributed by atoms with Crippen molar-refractivity contribution in [3.8, 4) is 0 Å². The maximum atomic E-state index is 6.74. The Morgan fingerprint density at radius 2 is 0.897 bits per heavy atom. The molecular formula is C28H24O. The first-order chi connectivity index (χ1) is 14.3. The molecule has 0 bridgehead atoms. The van der Waals surface area contributed by atoms with Gasteiger partial charge in [-0.15, -0.1) is 0 Å². The Labute approximate surface area is 172 Å². The van der Waals surface area contributed by atoms with Crippen molar-refractivity contribution in [2.45, 2.75) is 12.5 Å². The van der Waals surface area contributed by atoms with Crippen LogP contribution in [0.4, 0.5) is 0 Å². The van der Waals surface area contributed by atoms with Crippen molar-refractivity contribution in [2.24, 2.45) is 0 Å². The molecule has 0 unspecified atom stereocenters. The van der Waals surface area contributed by atoms with Crippen LogP contribution in [0.1, 0.15) is 29.2 Å². The summed E-state index contributed by atoms with van der Waals surface area (Å²) in [5, 5.41) is 0.